The second-order valence-corrected chi connectivity index (χ2v) is 12.4. The van der Waals surface area contributed by atoms with Crippen LogP contribution >= 0.6 is 0 Å². The number of methoxy groups -OCH3 is 1. The third-order valence-electron chi connectivity index (χ3n) is 9.60. The van der Waals surface area contributed by atoms with Crippen LogP contribution in [-0.4, -0.2) is 50.4 Å². The molecular weight excluding hydrogens is 578 g/mol. The van der Waals surface area contributed by atoms with Crippen LogP contribution in [0.3, 0.4) is 0 Å². The van der Waals surface area contributed by atoms with Gasteiger partial charge in [-0.3, -0.25) is 19.5 Å². The van der Waals surface area contributed by atoms with E-state index in [0.717, 1.165) is 53.7 Å². The average molecular weight is 614 g/mol. The van der Waals surface area contributed by atoms with Gasteiger partial charge in [-0.1, -0.05) is 36.4 Å². The zero-order chi connectivity index (χ0) is 31.4. The highest BCUT2D eigenvalue weighted by Crippen LogP contribution is 2.41. The second-order valence-electron chi connectivity index (χ2n) is 12.4. The van der Waals surface area contributed by atoms with Crippen molar-refractivity contribution in [2.75, 3.05) is 30.1 Å². The number of rotatable bonds is 7. The van der Waals surface area contributed by atoms with Gasteiger partial charge >= 0.3 is 0 Å². The molecule has 0 unspecified atom stereocenters. The van der Waals surface area contributed by atoms with E-state index in [1.807, 2.05) is 83.6 Å². The Morgan fingerprint density at radius 1 is 0.761 bits per heavy atom. The van der Waals surface area contributed by atoms with E-state index >= 15 is 0 Å². The maximum Gasteiger partial charge on any atom is 0.261 e. The van der Waals surface area contributed by atoms with Crippen LogP contribution < -0.4 is 24.0 Å². The molecule has 0 aliphatic carbocycles. The fourth-order valence-corrected chi connectivity index (χ4v) is 7.32. The van der Waals surface area contributed by atoms with Crippen molar-refractivity contribution >= 4 is 35.1 Å². The van der Waals surface area contributed by atoms with E-state index in [0.29, 0.717) is 53.7 Å². The van der Waals surface area contributed by atoms with Gasteiger partial charge in [-0.05, 0) is 78.8 Å². The lowest BCUT2D eigenvalue weighted by molar-refractivity contribution is 0.0975. The number of fused-ring (bicyclic) bond motifs is 8. The number of para-hydroxylation sites is 2. The van der Waals surface area contributed by atoms with E-state index in [1.54, 1.807) is 7.11 Å². The maximum atomic E-state index is 13.7. The molecule has 4 aromatic rings. The number of ether oxygens (including phenoxy) is 3. The number of carbonyl (C=O) groups is 2. The zero-order valence-corrected chi connectivity index (χ0v) is 26.0. The molecule has 4 heterocycles. The van der Waals surface area contributed by atoms with E-state index in [2.05, 4.69) is 12.1 Å². The van der Waals surface area contributed by atoms with E-state index in [9.17, 15) is 9.59 Å². The van der Waals surface area contributed by atoms with Crippen molar-refractivity contribution in [3.63, 3.8) is 0 Å². The van der Waals surface area contributed by atoms with Crippen molar-refractivity contribution in [2.45, 2.75) is 51.1 Å². The smallest absolute Gasteiger partial charge is 0.261 e. The lowest BCUT2D eigenvalue weighted by atomic mass is 9.99. The number of amides is 2. The molecule has 46 heavy (non-hydrogen) atoms. The zero-order valence-electron chi connectivity index (χ0n) is 26.0. The Labute approximate surface area is 268 Å². The number of carbonyl (C=O) groups excluding carboxylic acids is 2. The summed E-state index contributed by atoms with van der Waals surface area (Å²) in [6.07, 6.45) is 5.86. The molecule has 2 amide bonds. The summed E-state index contributed by atoms with van der Waals surface area (Å²) in [5.74, 6) is 1.87. The van der Waals surface area contributed by atoms with Gasteiger partial charge in [-0.25, -0.2) is 0 Å². The standard InChI is InChI=1S/C38H35N3O5/c1-23-16-30-31(39-22-28-18-26-9-4-6-11-33(26)41(28)38(30)43)21-34(23)45-14-7-15-46-36-19-24-12-13-27-17-25-8-3-5-10-32(25)40(27)37(42)29(24)20-35(36)44-2/h3-6,8-11,16,19-22,27-28H,7,12-15,17-18H2,1-2H3/t27-,28+/m1/s1. The summed E-state index contributed by atoms with van der Waals surface area (Å²) in [4.78, 5) is 35.9. The van der Waals surface area contributed by atoms with Crippen LogP contribution in [0.2, 0.25) is 0 Å². The van der Waals surface area contributed by atoms with Gasteiger partial charge in [0, 0.05) is 48.1 Å². The van der Waals surface area contributed by atoms with Crippen LogP contribution in [0, 0.1) is 6.92 Å². The van der Waals surface area contributed by atoms with Gasteiger partial charge in [0.2, 0.25) is 0 Å². The molecule has 0 fully saturated rings. The Hall–Kier alpha value is -5.11. The molecule has 4 aromatic carbocycles. The molecule has 0 aromatic heterocycles. The van der Waals surface area contributed by atoms with Gasteiger partial charge in [-0.2, -0.15) is 0 Å². The largest absolute Gasteiger partial charge is 0.493 e. The highest BCUT2D eigenvalue weighted by molar-refractivity contribution is 6.14. The Kier molecular flexibility index (Phi) is 7.00. The summed E-state index contributed by atoms with van der Waals surface area (Å²) < 4.78 is 18.0. The molecule has 8 rings (SSSR count). The predicted molar refractivity (Wildman–Crippen MR) is 178 cm³/mol. The third kappa shape index (κ3) is 4.71. The summed E-state index contributed by atoms with van der Waals surface area (Å²) >= 11 is 0. The SMILES string of the molecule is COc1cc2c(cc1OCCCOc1cc3c(cc1C)C(=O)N1c4ccccc4C[C@H]1C=N3)CC[C@@H]1Cc3ccccc3N1C2=O. The van der Waals surface area contributed by atoms with Crippen molar-refractivity contribution in [1.29, 1.82) is 0 Å². The molecule has 8 heteroatoms. The molecule has 0 spiro atoms. The molecular formula is C38H35N3O5. The molecule has 2 atom stereocenters. The molecule has 0 radical (unpaired) electrons. The monoisotopic (exact) mass is 613 g/mol. The maximum absolute atomic E-state index is 13.7. The molecule has 0 saturated carbocycles. The van der Waals surface area contributed by atoms with Crippen molar-refractivity contribution < 1.29 is 23.8 Å². The van der Waals surface area contributed by atoms with E-state index in [1.165, 1.54) is 5.56 Å². The van der Waals surface area contributed by atoms with Crippen molar-refractivity contribution in [1.82, 2.24) is 0 Å². The number of hydrogen-bond donors (Lipinski definition) is 0. The summed E-state index contributed by atoms with van der Waals surface area (Å²) in [6.45, 7) is 2.80. The highest BCUT2D eigenvalue weighted by atomic mass is 16.5. The topological polar surface area (TPSA) is 80.7 Å². The van der Waals surface area contributed by atoms with Crippen LogP contribution in [0.4, 0.5) is 17.1 Å². The lowest BCUT2D eigenvalue weighted by Crippen LogP contribution is -2.37. The molecule has 4 aliphatic heterocycles. The third-order valence-corrected chi connectivity index (χ3v) is 9.60. The van der Waals surface area contributed by atoms with E-state index in [4.69, 9.17) is 19.2 Å². The molecule has 8 nitrogen and oxygen atoms in total. The van der Waals surface area contributed by atoms with Gasteiger partial charge in [0.1, 0.15) is 5.75 Å². The highest BCUT2D eigenvalue weighted by Gasteiger charge is 2.38. The molecule has 0 saturated heterocycles. The first-order valence-electron chi connectivity index (χ1n) is 16.0. The molecule has 232 valence electrons. The van der Waals surface area contributed by atoms with Crippen molar-refractivity contribution in [3.8, 4) is 17.2 Å². The second kappa shape index (κ2) is 11.4. The minimum atomic E-state index is -0.0870. The van der Waals surface area contributed by atoms with Crippen LogP contribution in [0.5, 0.6) is 17.2 Å². The van der Waals surface area contributed by atoms with Gasteiger partial charge in [0.15, 0.2) is 11.5 Å². The Morgan fingerprint density at radius 2 is 1.46 bits per heavy atom. The molecule has 0 bridgehead atoms. The Morgan fingerprint density at radius 3 is 2.24 bits per heavy atom. The fourth-order valence-electron chi connectivity index (χ4n) is 7.32. The van der Waals surface area contributed by atoms with Crippen LogP contribution in [-0.2, 0) is 19.3 Å². The minimum Gasteiger partial charge on any atom is -0.493 e. The van der Waals surface area contributed by atoms with Crippen LogP contribution in [0.25, 0.3) is 0 Å². The fraction of sp³-hybridized carbons (Fsp3) is 0.289. The summed E-state index contributed by atoms with van der Waals surface area (Å²) in [5, 5.41) is 0. The average Bonchev–Trinajstić information content (AvgIpc) is 3.56. The molecule has 4 aliphatic rings. The first-order valence-corrected chi connectivity index (χ1v) is 16.0. The number of aliphatic imine (C=N–C) groups is 1. The van der Waals surface area contributed by atoms with Crippen molar-refractivity contribution in [2.24, 2.45) is 4.99 Å². The van der Waals surface area contributed by atoms with Gasteiger partial charge < -0.3 is 19.1 Å². The van der Waals surface area contributed by atoms with Crippen LogP contribution in [0.1, 0.15) is 55.8 Å². The molecule has 0 N–H and O–H groups in total. The number of nitrogens with zero attached hydrogens (tertiary/aromatic N) is 3. The number of aryl methyl sites for hydroxylation is 2. The Bertz CT molecular complexity index is 1920. The van der Waals surface area contributed by atoms with Gasteiger partial charge in [0.05, 0.1) is 37.6 Å². The van der Waals surface area contributed by atoms with Crippen LogP contribution in [0.15, 0.2) is 77.8 Å². The number of benzene rings is 4. The summed E-state index contributed by atoms with van der Waals surface area (Å²) in [7, 11) is 1.60. The quantitative estimate of drug-likeness (QED) is 0.218. The summed E-state index contributed by atoms with van der Waals surface area (Å²) in [6, 6.07) is 23.9. The van der Waals surface area contributed by atoms with Crippen molar-refractivity contribution in [3.05, 3.63) is 106 Å². The van der Waals surface area contributed by atoms with E-state index < -0.39 is 0 Å². The summed E-state index contributed by atoms with van der Waals surface area (Å²) in [5.41, 5.74) is 8.13. The first kappa shape index (κ1) is 28.4. The van der Waals surface area contributed by atoms with Gasteiger partial charge in [0.25, 0.3) is 11.8 Å². The number of anilines is 2. The first-order chi connectivity index (χ1) is 22.5. The van der Waals surface area contributed by atoms with Gasteiger partial charge in [-0.15, -0.1) is 0 Å². The minimum absolute atomic E-state index is 0.0214. The predicted octanol–water partition coefficient (Wildman–Crippen LogP) is 6.66. The Balaban J connectivity index is 0.926. The normalized spacial score (nSPS) is 18.9. The number of hydrogen-bond acceptors (Lipinski definition) is 6. The lowest BCUT2D eigenvalue weighted by Gasteiger charge is -2.23. The van der Waals surface area contributed by atoms with E-state index in [-0.39, 0.29) is 23.9 Å².